The Morgan fingerprint density at radius 1 is 0.852 bits per heavy atom. The smallest absolute Gasteiger partial charge is 0.247 e. The standard InChI is InChI=1S/C17H23N9O/c1-14(27)23-5-9-26(10-6-23)17-21-15(13-20-22-17)24-7-11-25(12-8-24)16-18-3-2-4-19-16/h2-4,13H,5-12H2,1H3. The molecular weight excluding hydrogens is 346 g/mol. The maximum Gasteiger partial charge on any atom is 0.247 e. The number of carbonyl (C=O) groups excluding carboxylic acids is 1. The minimum Gasteiger partial charge on any atom is -0.352 e. The summed E-state index contributed by atoms with van der Waals surface area (Å²) in [7, 11) is 0. The first-order valence-electron chi connectivity index (χ1n) is 9.18. The summed E-state index contributed by atoms with van der Waals surface area (Å²) in [6.07, 6.45) is 5.24. The molecule has 4 heterocycles. The van der Waals surface area contributed by atoms with Gasteiger partial charge in [-0.15, -0.1) is 5.10 Å². The Hall–Kier alpha value is -3.04. The van der Waals surface area contributed by atoms with Crippen LogP contribution in [-0.4, -0.2) is 88.3 Å². The van der Waals surface area contributed by atoms with Gasteiger partial charge in [-0.1, -0.05) is 0 Å². The van der Waals surface area contributed by atoms with Crippen LogP contribution in [0.1, 0.15) is 6.92 Å². The zero-order valence-electron chi connectivity index (χ0n) is 15.4. The number of nitrogens with zero attached hydrogens (tertiary/aromatic N) is 9. The second-order valence-corrected chi connectivity index (χ2v) is 6.63. The maximum absolute atomic E-state index is 11.5. The van der Waals surface area contributed by atoms with Gasteiger partial charge in [-0.25, -0.2) is 9.97 Å². The fraction of sp³-hybridized carbons (Fsp3) is 0.529. The van der Waals surface area contributed by atoms with E-state index in [-0.39, 0.29) is 5.91 Å². The molecule has 2 aromatic rings. The molecule has 0 saturated carbocycles. The molecule has 0 N–H and O–H groups in total. The quantitative estimate of drug-likeness (QED) is 0.720. The second-order valence-electron chi connectivity index (χ2n) is 6.63. The van der Waals surface area contributed by atoms with Crippen LogP contribution in [-0.2, 0) is 4.79 Å². The van der Waals surface area contributed by atoms with E-state index in [9.17, 15) is 4.79 Å². The maximum atomic E-state index is 11.5. The lowest BCUT2D eigenvalue weighted by Gasteiger charge is -2.36. The normalized spacial score (nSPS) is 18.0. The van der Waals surface area contributed by atoms with Gasteiger partial charge in [0.1, 0.15) is 0 Å². The molecular formula is C17H23N9O. The van der Waals surface area contributed by atoms with Gasteiger partial charge in [0.25, 0.3) is 0 Å². The lowest BCUT2D eigenvalue weighted by Crippen LogP contribution is -2.49. The summed E-state index contributed by atoms with van der Waals surface area (Å²) in [5, 5.41) is 8.35. The fourth-order valence-corrected chi connectivity index (χ4v) is 3.38. The van der Waals surface area contributed by atoms with Crippen LogP contribution in [0.4, 0.5) is 17.7 Å². The first-order valence-corrected chi connectivity index (χ1v) is 9.18. The lowest BCUT2D eigenvalue weighted by molar-refractivity contribution is -0.129. The first-order chi connectivity index (χ1) is 13.2. The van der Waals surface area contributed by atoms with Gasteiger partial charge in [0, 0.05) is 71.7 Å². The molecule has 0 atom stereocenters. The first kappa shape index (κ1) is 17.4. The number of rotatable bonds is 3. The van der Waals surface area contributed by atoms with Crippen LogP contribution >= 0.6 is 0 Å². The number of hydrogen-bond donors (Lipinski definition) is 0. The van der Waals surface area contributed by atoms with Crippen LogP contribution in [0.3, 0.4) is 0 Å². The Morgan fingerprint density at radius 2 is 1.44 bits per heavy atom. The van der Waals surface area contributed by atoms with Gasteiger partial charge in [-0.05, 0) is 6.07 Å². The number of carbonyl (C=O) groups is 1. The highest BCUT2D eigenvalue weighted by Crippen LogP contribution is 2.18. The van der Waals surface area contributed by atoms with Crippen molar-refractivity contribution in [1.29, 1.82) is 0 Å². The fourth-order valence-electron chi connectivity index (χ4n) is 3.38. The highest BCUT2D eigenvalue weighted by atomic mass is 16.2. The number of amides is 1. The average Bonchev–Trinajstić information content (AvgIpc) is 2.75. The molecule has 10 nitrogen and oxygen atoms in total. The molecule has 27 heavy (non-hydrogen) atoms. The molecule has 1 amide bonds. The Kier molecular flexibility index (Phi) is 4.95. The van der Waals surface area contributed by atoms with Crippen molar-refractivity contribution in [3.05, 3.63) is 24.7 Å². The zero-order chi connectivity index (χ0) is 18.6. The predicted octanol–water partition coefficient (Wildman–Crippen LogP) is -0.343. The van der Waals surface area contributed by atoms with Gasteiger partial charge in [0.2, 0.25) is 17.8 Å². The Balaban J connectivity index is 1.38. The number of aromatic nitrogens is 5. The molecule has 0 aliphatic carbocycles. The van der Waals surface area contributed by atoms with E-state index < -0.39 is 0 Å². The van der Waals surface area contributed by atoms with Crippen LogP contribution in [0.2, 0.25) is 0 Å². The summed E-state index contributed by atoms with van der Waals surface area (Å²) in [5.74, 6) is 2.34. The van der Waals surface area contributed by atoms with Gasteiger partial charge >= 0.3 is 0 Å². The third-order valence-electron chi connectivity index (χ3n) is 4.98. The summed E-state index contributed by atoms with van der Waals surface area (Å²) in [4.78, 5) is 33.1. The van der Waals surface area contributed by atoms with Crippen molar-refractivity contribution in [3.8, 4) is 0 Å². The van der Waals surface area contributed by atoms with Crippen LogP contribution in [0.15, 0.2) is 24.7 Å². The second kappa shape index (κ2) is 7.68. The molecule has 0 unspecified atom stereocenters. The molecule has 2 aliphatic rings. The van der Waals surface area contributed by atoms with E-state index in [1.807, 2.05) is 11.0 Å². The molecule has 0 aromatic carbocycles. The van der Waals surface area contributed by atoms with Crippen molar-refractivity contribution in [2.75, 3.05) is 67.1 Å². The molecule has 2 aromatic heterocycles. The molecule has 4 rings (SSSR count). The van der Waals surface area contributed by atoms with Crippen LogP contribution in [0, 0.1) is 0 Å². The summed E-state index contributed by atoms with van der Waals surface area (Å²) < 4.78 is 0. The summed E-state index contributed by atoms with van der Waals surface area (Å²) in [5.41, 5.74) is 0. The van der Waals surface area contributed by atoms with E-state index in [1.54, 1.807) is 25.5 Å². The van der Waals surface area contributed by atoms with Gasteiger partial charge in [0.05, 0.1) is 6.20 Å². The van der Waals surface area contributed by atoms with Crippen molar-refractivity contribution in [2.45, 2.75) is 6.92 Å². The van der Waals surface area contributed by atoms with Crippen molar-refractivity contribution in [1.82, 2.24) is 30.0 Å². The van der Waals surface area contributed by atoms with Crippen LogP contribution < -0.4 is 14.7 Å². The van der Waals surface area contributed by atoms with Gasteiger partial charge < -0.3 is 19.6 Å². The summed E-state index contributed by atoms with van der Waals surface area (Å²) in [6.45, 7) is 7.77. The van der Waals surface area contributed by atoms with Gasteiger partial charge in [-0.3, -0.25) is 4.79 Å². The topological polar surface area (TPSA) is 94.5 Å². The van der Waals surface area contributed by atoms with Crippen molar-refractivity contribution >= 4 is 23.6 Å². The third kappa shape index (κ3) is 3.88. The van der Waals surface area contributed by atoms with E-state index in [2.05, 4.69) is 34.9 Å². The van der Waals surface area contributed by atoms with E-state index in [4.69, 9.17) is 4.98 Å². The van der Waals surface area contributed by atoms with Crippen molar-refractivity contribution in [2.24, 2.45) is 0 Å². The highest BCUT2D eigenvalue weighted by molar-refractivity contribution is 5.73. The highest BCUT2D eigenvalue weighted by Gasteiger charge is 2.23. The zero-order valence-corrected chi connectivity index (χ0v) is 15.4. The summed E-state index contributed by atoms with van der Waals surface area (Å²) in [6, 6.07) is 1.82. The van der Waals surface area contributed by atoms with Gasteiger partial charge in [0.15, 0.2) is 5.82 Å². The largest absolute Gasteiger partial charge is 0.352 e. The predicted molar refractivity (Wildman–Crippen MR) is 101 cm³/mol. The lowest BCUT2D eigenvalue weighted by atomic mass is 10.3. The molecule has 10 heteroatoms. The van der Waals surface area contributed by atoms with Crippen molar-refractivity contribution in [3.63, 3.8) is 0 Å². The SMILES string of the molecule is CC(=O)N1CCN(c2nncc(N3CCN(c4ncccn4)CC3)n2)CC1. The molecule has 142 valence electrons. The van der Waals surface area contributed by atoms with E-state index in [1.165, 1.54) is 0 Å². The van der Waals surface area contributed by atoms with E-state index in [0.29, 0.717) is 19.0 Å². The Morgan fingerprint density at radius 3 is 2.11 bits per heavy atom. The van der Waals surface area contributed by atoms with E-state index in [0.717, 1.165) is 51.0 Å². The monoisotopic (exact) mass is 369 g/mol. The summed E-state index contributed by atoms with van der Waals surface area (Å²) >= 11 is 0. The van der Waals surface area contributed by atoms with Crippen LogP contribution in [0.5, 0.6) is 0 Å². The molecule has 2 fully saturated rings. The molecule has 2 aliphatic heterocycles. The third-order valence-corrected chi connectivity index (χ3v) is 4.98. The minimum atomic E-state index is 0.114. The molecule has 0 spiro atoms. The van der Waals surface area contributed by atoms with Crippen molar-refractivity contribution < 1.29 is 4.79 Å². The number of anilines is 3. The average molecular weight is 369 g/mol. The molecule has 2 saturated heterocycles. The Bertz CT molecular complexity index is 771. The molecule has 0 radical (unpaired) electrons. The van der Waals surface area contributed by atoms with Gasteiger partial charge in [-0.2, -0.15) is 10.1 Å². The molecule has 0 bridgehead atoms. The minimum absolute atomic E-state index is 0.114. The number of hydrogen-bond acceptors (Lipinski definition) is 9. The number of piperazine rings is 2. The van der Waals surface area contributed by atoms with Crippen LogP contribution in [0.25, 0.3) is 0 Å². The van der Waals surface area contributed by atoms with E-state index >= 15 is 0 Å². The Labute approximate surface area is 157 Å².